The quantitative estimate of drug-likeness (QED) is 0.467. The Morgan fingerprint density at radius 3 is 2.41 bits per heavy atom. The maximum absolute atomic E-state index is 12.4. The summed E-state index contributed by atoms with van der Waals surface area (Å²) in [5, 5.41) is 2.05. The van der Waals surface area contributed by atoms with Crippen molar-refractivity contribution in [2.45, 2.75) is 57.4 Å². The second-order valence-electron chi connectivity index (χ2n) is 6.80. The fourth-order valence-corrected chi connectivity index (χ4v) is 4.90. The summed E-state index contributed by atoms with van der Waals surface area (Å²) in [6, 6.07) is 14.3. The Balaban J connectivity index is 0.00000102. The highest BCUT2D eigenvalue weighted by Gasteiger charge is 2.21. The molecule has 0 spiro atoms. The highest BCUT2D eigenvalue weighted by Crippen LogP contribution is 2.35. The van der Waals surface area contributed by atoms with Gasteiger partial charge in [-0.25, -0.2) is 0 Å². The minimum atomic E-state index is -1.00. The van der Waals surface area contributed by atoms with E-state index in [0.29, 0.717) is 0 Å². The highest BCUT2D eigenvalue weighted by molar-refractivity contribution is 7.84. The highest BCUT2D eigenvalue weighted by atomic mass is 35.5. The number of halogens is 1. The Hall–Kier alpha value is -1.58. The molecule has 0 amide bonds. The molecule has 1 aliphatic rings. The molecular formula is C23H28ClNOS. The van der Waals surface area contributed by atoms with Crippen LogP contribution in [0.5, 0.6) is 0 Å². The fraction of sp³-hybridized carbons (Fsp3) is 0.391. The first-order valence-corrected chi connectivity index (χ1v) is 11.8. The smallest absolute Gasteiger partial charge is 0.0652 e. The van der Waals surface area contributed by atoms with Crippen LogP contribution in [0.15, 0.2) is 47.4 Å². The Morgan fingerprint density at radius 2 is 1.70 bits per heavy atom. The first-order valence-electron chi connectivity index (χ1n) is 9.86. The van der Waals surface area contributed by atoms with E-state index in [1.165, 1.54) is 41.5 Å². The van der Waals surface area contributed by atoms with Gasteiger partial charge in [0.25, 0.3) is 0 Å². The molecule has 0 radical (unpaired) electrons. The third-order valence-electron chi connectivity index (χ3n) is 5.17. The van der Waals surface area contributed by atoms with Crippen molar-refractivity contribution in [1.29, 1.82) is 0 Å². The summed E-state index contributed by atoms with van der Waals surface area (Å²) in [7, 11) is -1.00. The summed E-state index contributed by atoms with van der Waals surface area (Å²) >= 11 is 6.05. The first kappa shape index (κ1) is 20.2. The van der Waals surface area contributed by atoms with Crippen molar-refractivity contribution >= 4 is 33.3 Å². The van der Waals surface area contributed by atoms with Crippen LogP contribution in [0.1, 0.15) is 49.9 Å². The van der Waals surface area contributed by atoms with Crippen molar-refractivity contribution in [3.05, 3.63) is 64.3 Å². The number of hydrogen-bond donors (Lipinski definition) is 0. The number of rotatable bonds is 3. The van der Waals surface area contributed by atoms with Gasteiger partial charge >= 0.3 is 0 Å². The van der Waals surface area contributed by atoms with Crippen molar-refractivity contribution in [3.8, 4) is 0 Å². The van der Waals surface area contributed by atoms with Crippen LogP contribution in [-0.4, -0.2) is 15.0 Å². The summed E-state index contributed by atoms with van der Waals surface area (Å²) in [5.41, 5.74) is 5.28. The lowest BCUT2D eigenvalue weighted by Crippen LogP contribution is -2.06. The summed E-state index contributed by atoms with van der Waals surface area (Å²) in [4.78, 5) is 0.944. The third kappa shape index (κ3) is 4.14. The van der Waals surface area contributed by atoms with E-state index in [1.807, 2.05) is 32.0 Å². The van der Waals surface area contributed by atoms with Crippen LogP contribution in [0, 0.1) is 0 Å². The molecule has 1 aromatic heterocycles. The van der Waals surface area contributed by atoms with Gasteiger partial charge in [-0.1, -0.05) is 56.1 Å². The molecule has 0 fully saturated rings. The van der Waals surface area contributed by atoms with Crippen molar-refractivity contribution < 1.29 is 4.21 Å². The maximum Gasteiger partial charge on any atom is 0.0652 e. The molecule has 2 aromatic carbocycles. The minimum Gasteiger partial charge on any atom is -0.339 e. The zero-order chi connectivity index (χ0) is 19.4. The van der Waals surface area contributed by atoms with Gasteiger partial charge in [-0.3, -0.25) is 4.21 Å². The molecule has 144 valence electrons. The van der Waals surface area contributed by atoms with Crippen LogP contribution >= 0.6 is 11.6 Å². The standard InChI is InChI=1S/C21H22ClNOS.C2H6/c1-25(24)20-9-5-7-18-17-6-3-2-4-8-19(17)23(21(18)20)14-15-10-12-16(22)13-11-15;1-2/h5,7,9-13H,2-4,6,8,14H2,1H3;1-2H3. The van der Waals surface area contributed by atoms with Gasteiger partial charge in [0, 0.05) is 28.9 Å². The molecule has 3 aromatic rings. The number of aromatic nitrogens is 1. The SMILES string of the molecule is CC.CS(=O)c1cccc2c3c(n(Cc4ccc(Cl)cc4)c12)CCCCC3. The molecule has 0 saturated heterocycles. The molecule has 4 heteroatoms. The molecule has 0 aliphatic heterocycles. The number of hydrogen-bond acceptors (Lipinski definition) is 1. The van der Waals surface area contributed by atoms with Crippen molar-refractivity contribution in [1.82, 2.24) is 4.57 Å². The third-order valence-corrected chi connectivity index (χ3v) is 6.37. The van der Waals surface area contributed by atoms with E-state index in [2.05, 4.69) is 28.8 Å². The topological polar surface area (TPSA) is 22.0 Å². The molecule has 1 aliphatic carbocycles. The van der Waals surface area contributed by atoms with E-state index in [0.717, 1.165) is 34.8 Å². The molecule has 27 heavy (non-hydrogen) atoms. The van der Waals surface area contributed by atoms with Crippen LogP contribution in [0.4, 0.5) is 0 Å². The van der Waals surface area contributed by atoms with Gasteiger partial charge in [0.1, 0.15) is 0 Å². The van der Waals surface area contributed by atoms with Crippen LogP contribution in [0.3, 0.4) is 0 Å². The van der Waals surface area contributed by atoms with Crippen molar-refractivity contribution in [2.24, 2.45) is 0 Å². The second kappa shape index (κ2) is 9.07. The van der Waals surface area contributed by atoms with E-state index < -0.39 is 10.8 Å². The number of nitrogens with zero attached hydrogens (tertiary/aromatic N) is 1. The van der Waals surface area contributed by atoms with Crippen LogP contribution < -0.4 is 0 Å². The lowest BCUT2D eigenvalue weighted by Gasteiger charge is -2.13. The van der Waals surface area contributed by atoms with Crippen LogP contribution in [-0.2, 0) is 30.2 Å². The zero-order valence-electron chi connectivity index (χ0n) is 16.4. The fourth-order valence-electron chi connectivity index (χ4n) is 4.01. The Kier molecular flexibility index (Phi) is 6.78. The molecular weight excluding hydrogens is 374 g/mol. The molecule has 0 saturated carbocycles. The van der Waals surface area contributed by atoms with Gasteiger partial charge in [-0.05, 0) is 55.0 Å². The van der Waals surface area contributed by atoms with E-state index in [9.17, 15) is 4.21 Å². The molecule has 1 unspecified atom stereocenters. The molecule has 4 rings (SSSR count). The van der Waals surface area contributed by atoms with Crippen LogP contribution in [0.2, 0.25) is 5.02 Å². The van der Waals surface area contributed by atoms with Crippen LogP contribution in [0.25, 0.3) is 10.9 Å². The number of fused-ring (bicyclic) bond motifs is 3. The monoisotopic (exact) mass is 401 g/mol. The van der Waals surface area contributed by atoms with Crippen molar-refractivity contribution in [2.75, 3.05) is 6.26 Å². The average Bonchev–Trinajstić information content (AvgIpc) is 2.84. The van der Waals surface area contributed by atoms with Crippen molar-refractivity contribution in [3.63, 3.8) is 0 Å². The normalized spacial score (nSPS) is 14.8. The van der Waals surface area contributed by atoms with Gasteiger partial charge in [-0.2, -0.15) is 0 Å². The zero-order valence-corrected chi connectivity index (χ0v) is 18.0. The van der Waals surface area contributed by atoms with E-state index in [4.69, 9.17) is 11.6 Å². The summed E-state index contributed by atoms with van der Waals surface area (Å²) < 4.78 is 14.8. The summed E-state index contributed by atoms with van der Waals surface area (Å²) in [5.74, 6) is 0. The van der Waals surface area contributed by atoms with Gasteiger partial charge < -0.3 is 4.57 Å². The lowest BCUT2D eigenvalue weighted by atomic mass is 10.1. The molecule has 2 nitrogen and oxygen atoms in total. The Labute approximate surface area is 170 Å². The molecule has 0 bridgehead atoms. The van der Waals surface area contributed by atoms with E-state index in [1.54, 1.807) is 6.26 Å². The number of aryl methyl sites for hydroxylation is 1. The predicted octanol–water partition coefficient (Wildman–Crippen LogP) is 6.38. The lowest BCUT2D eigenvalue weighted by molar-refractivity contribution is 0.681. The predicted molar refractivity (Wildman–Crippen MR) is 117 cm³/mol. The van der Waals surface area contributed by atoms with E-state index in [-0.39, 0.29) is 0 Å². The summed E-state index contributed by atoms with van der Waals surface area (Å²) in [6.45, 7) is 4.80. The minimum absolute atomic E-state index is 0.760. The van der Waals surface area contributed by atoms with Gasteiger partial charge in [0.15, 0.2) is 0 Å². The van der Waals surface area contributed by atoms with E-state index >= 15 is 0 Å². The maximum atomic E-state index is 12.4. The number of benzene rings is 2. The molecule has 1 heterocycles. The average molecular weight is 402 g/mol. The molecule has 1 atom stereocenters. The van der Waals surface area contributed by atoms with Gasteiger partial charge in [-0.15, -0.1) is 0 Å². The first-order chi connectivity index (χ1) is 13.1. The Morgan fingerprint density at radius 1 is 1.00 bits per heavy atom. The molecule has 0 N–H and O–H groups in total. The second-order valence-corrected chi connectivity index (χ2v) is 8.59. The largest absolute Gasteiger partial charge is 0.339 e. The van der Waals surface area contributed by atoms with Gasteiger partial charge in [0.2, 0.25) is 0 Å². The number of para-hydroxylation sites is 1. The van der Waals surface area contributed by atoms with Gasteiger partial charge in [0.05, 0.1) is 21.2 Å². The summed E-state index contributed by atoms with van der Waals surface area (Å²) in [6.07, 6.45) is 7.77. The Bertz CT molecular complexity index is 943.